The van der Waals surface area contributed by atoms with Crippen LogP contribution in [-0.2, 0) is 5.60 Å². The topological polar surface area (TPSA) is 78.8 Å². The van der Waals surface area contributed by atoms with E-state index in [9.17, 15) is 15.0 Å². The van der Waals surface area contributed by atoms with E-state index in [4.69, 9.17) is 4.74 Å². The zero-order valence-corrected chi connectivity index (χ0v) is 17.1. The van der Waals surface area contributed by atoms with E-state index < -0.39 is 11.7 Å². The largest absolute Gasteiger partial charge is 0.496 e. The van der Waals surface area contributed by atoms with Crippen LogP contribution >= 0.6 is 0 Å². The third-order valence-electron chi connectivity index (χ3n) is 5.40. The van der Waals surface area contributed by atoms with E-state index in [0.717, 1.165) is 22.3 Å². The van der Waals surface area contributed by atoms with Gasteiger partial charge in [-0.05, 0) is 55.9 Å². The number of amides is 1. The number of carboxylic acid groups (broad SMARTS) is 1. The minimum atomic E-state index is -1.34. The highest BCUT2D eigenvalue weighted by atomic mass is 16.5. The molecule has 0 saturated heterocycles. The van der Waals surface area contributed by atoms with Crippen molar-refractivity contribution in [3.63, 3.8) is 0 Å². The summed E-state index contributed by atoms with van der Waals surface area (Å²) in [5.74, 6) is 0.408. The Morgan fingerprint density at radius 2 is 1.59 bits per heavy atom. The lowest BCUT2D eigenvalue weighted by Crippen LogP contribution is -2.35. The van der Waals surface area contributed by atoms with E-state index >= 15 is 0 Å². The van der Waals surface area contributed by atoms with Crippen molar-refractivity contribution in [2.24, 2.45) is 5.92 Å². The molecule has 1 atom stereocenters. The van der Waals surface area contributed by atoms with Gasteiger partial charge in [0, 0.05) is 5.56 Å². The van der Waals surface area contributed by atoms with Crippen molar-refractivity contribution in [1.82, 2.24) is 0 Å². The predicted octanol–water partition coefficient (Wildman–Crippen LogP) is 4.91. The second-order valence-corrected chi connectivity index (χ2v) is 7.38. The first-order valence-electron chi connectivity index (χ1n) is 9.03. The number of methoxy groups -OCH3 is 1. The SMILES string of the molecule is COc1c(C)c(C)c(NC(=O)O)c(C)c1C(O)(c1ccc(C)cc1)C(C)C. The minimum absolute atomic E-state index is 0.174. The molecule has 0 radical (unpaired) electrons. The first-order valence-corrected chi connectivity index (χ1v) is 9.03. The van der Waals surface area contributed by atoms with Crippen LogP contribution in [0.25, 0.3) is 0 Å². The van der Waals surface area contributed by atoms with Crippen LogP contribution in [0.5, 0.6) is 5.75 Å². The van der Waals surface area contributed by atoms with Crippen molar-refractivity contribution in [2.75, 3.05) is 12.4 Å². The van der Waals surface area contributed by atoms with Crippen LogP contribution in [0.1, 0.15) is 47.2 Å². The molecule has 1 amide bonds. The van der Waals surface area contributed by atoms with Crippen LogP contribution in [0.2, 0.25) is 0 Å². The Balaban J connectivity index is 2.92. The van der Waals surface area contributed by atoms with Gasteiger partial charge in [-0.3, -0.25) is 5.32 Å². The molecular formula is C22H29NO4. The molecule has 146 valence electrons. The minimum Gasteiger partial charge on any atom is -0.496 e. The number of aryl methyl sites for hydroxylation is 1. The summed E-state index contributed by atoms with van der Waals surface area (Å²) in [4.78, 5) is 11.3. The van der Waals surface area contributed by atoms with E-state index in [1.165, 1.54) is 0 Å². The molecule has 2 aromatic rings. The molecule has 0 aliphatic rings. The van der Waals surface area contributed by atoms with Crippen molar-refractivity contribution in [1.29, 1.82) is 0 Å². The van der Waals surface area contributed by atoms with E-state index in [1.807, 2.05) is 65.8 Å². The summed E-state index contributed by atoms with van der Waals surface area (Å²) < 4.78 is 5.70. The van der Waals surface area contributed by atoms with Crippen LogP contribution in [0.4, 0.5) is 10.5 Å². The number of hydrogen-bond acceptors (Lipinski definition) is 3. The second-order valence-electron chi connectivity index (χ2n) is 7.38. The fraction of sp³-hybridized carbons (Fsp3) is 0.409. The van der Waals surface area contributed by atoms with Crippen LogP contribution in [0.15, 0.2) is 24.3 Å². The lowest BCUT2D eigenvalue weighted by Gasteiger charge is -2.37. The van der Waals surface area contributed by atoms with Gasteiger partial charge in [0.05, 0.1) is 12.8 Å². The Morgan fingerprint density at radius 1 is 1.04 bits per heavy atom. The fourth-order valence-corrected chi connectivity index (χ4v) is 3.70. The second kappa shape index (κ2) is 7.61. The van der Waals surface area contributed by atoms with Gasteiger partial charge in [-0.15, -0.1) is 0 Å². The predicted molar refractivity (Wildman–Crippen MR) is 108 cm³/mol. The van der Waals surface area contributed by atoms with Crippen LogP contribution < -0.4 is 10.1 Å². The van der Waals surface area contributed by atoms with Gasteiger partial charge in [0.25, 0.3) is 0 Å². The van der Waals surface area contributed by atoms with E-state index in [-0.39, 0.29) is 5.92 Å². The summed E-state index contributed by atoms with van der Waals surface area (Å²) in [6, 6.07) is 7.74. The van der Waals surface area contributed by atoms with Gasteiger partial charge < -0.3 is 14.9 Å². The molecule has 5 nitrogen and oxygen atoms in total. The summed E-state index contributed by atoms with van der Waals surface area (Å²) in [6.45, 7) is 11.4. The average molecular weight is 371 g/mol. The molecule has 27 heavy (non-hydrogen) atoms. The molecule has 2 aromatic carbocycles. The number of benzene rings is 2. The summed E-state index contributed by atoms with van der Waals surface area (Å²) >= 11 is 0. The molecule has 0 spiro atoms. The van der Waals surface area contributed by atoms with Crippen LogP contribution in [-0.4, -0.2) is 23.4 Å². The van der Waals surface area contributed by atoms with Gasteiger partial charge in [-0.1, -0.05) is 43.7 Å². The molecule has 1 unspecified atom stereocenters. The third kappa shape index (κ3) is 3.52. The van der Waals surface area contributed by atoms with Gasteiger partial charge >= 0.3 is 6.09 Å². The molecule has 0 aliphatic heterocycles. The molecule has 5 heteroatoms. The first-order chi connectivity index (χ1) is 12.5. The smallest absolute Gasteiger partial charge is 0.409 e. The fourth-order valence-electron chi connectivity index (χ4n) is 3.70. The molecule has 2 rings (SSSR count). The molecule has 0 saturated carbocycles. The number of ether oxygens (including phenoxy) is 1. The highest BCUT2D eigenvalue weighted by Crippen LogP contribution is 2.47. The highest BCUT2D eigenvalue weighted by molar-refractivity contribution is 5.87. The van der Waals surface area contributed by atoms with E-state index in [0.29, 0.717) is 22.6 Å². The summed E-state index contributed by atoms with van der Waals surface area (Å²) in [5, 5.41) is 23.7. The van der Waals surface area contributed by atoms with Crippen molar-refractivity contribution < 1.29 is 19.7 Å². The maximum atomic E-state index is 11.9. The zero-order valence-electron chi connectivity index (χ0n) is 17.1. The highest BCUT2D eigenvalue weighted by Gasteiger charge is 2.41. The number of anilines is 1. The Hall–Kier alpha value is -2.53. The Bertz CT molecular complexity index is 856. The Morgan fingerprint density at radius 3 is 2.04 bits per heavy atom. The molecule has 3 N–H and O–H groups in total. The molecule has 0 fully saturated rings. The van der Waals surface area contributed by atoms with Crippen LogP contribution in [0.3, 0.4) is 0 Å². The first kappa shape index (κ1) is 20.8. The molecular weight excluding hydrogens is 342 g/mol. The Labute approximate surface area is 161 Å². The van der Waals surface area contributed by atoms with E-state index in [1.54, 1.807) is 7.11 Å². The van der Waals surface area contributed by atoms with Crippen molar-refractivity contribution in [3.05, 3.63) is 57.6 Å². The quantitative estimate of drug-likeness (QED) is 0.698. The van der Waals surface area contributed by atoms with Gasteiger partial charge in [0.15, 0.2) is 0 Å². The summed E-state index contributed by atoms with van der Waals surface area (Å²) in [7, 11) is 1.57. The number of carbonyl (C=O) groups is 1. The normalized spacial score (nSPS) is 13.4. The third-order valence-corrected chi connectivity index (χ3v) is 5.40. The number of rotatable bonds is 5. The lowest BCUT2D eigenvalue weighted by molar-refractivity contribution is 0.0288. The maximum Gasteiger partial charge on any atom is 0.409 e. The van der Waals surface area contributed by atoms with Crippen molar-refractivity contribution in [2.45, 2.75) is 47.1 Å². The molecule has 0 bridgehead atoms. The maximum absolute atomic E-state index is 11.9. The standard InChI is InChI=1S/C22H29NO4/c1-12(2)22(26,17-10-8-13(3)9-11-17)18-16(6)19(23-21(24)25)14(4)15(5)20(18)27-7/h8-12,23,26H,1-7H3,(H,24,25). The van der Waals surface area contributed by atoms with Gasteiger partial charge in [-0.2, -0.15) is 0 Å². The number of nitrogens with one attached hydrogen (secondary N) is 1. The average Bonchev–Trinajstić information content (AvgIpc) is 2.61. The number of aliphatic hydroxyl groups is 1. The lowest BCUT2D eigenvalue weighted by atomic mass is 9.74. The van der Waals surface area contributed by atoms with E-state index in [2.05, 4.69) is 5.32 Å². The molecule has 0 heterocycles. The molecule has 0 aromatic heterocycles. The number of hydrogen-bond donors (Lipinski definition) is 3. The molecule has 0 aliphatic carbocycles. The van der Waals surface area contributed by atoms with Gasteiger partial charge in [-0.25, -0.2) is 4.79 Å². The zero-order chi connectivity index (χ0) is 20.5. The van der Waals surface area contributed by atoms with Crippen molar-refractivity contribution in [3.8, 4) is 5.75 Å². The summed E-state index contributed by atoms with van der Waals surface area (Å²) in [6.07, 6.45) is -1.14. The van der Waals surface area contributed by atoms with Gasteiger partial charge in [0.1, 0.15) is 11.4 Å². The van der Waals surface area contributed by atoms with Gasteiger partial charge in [0.2, 0.25) is 0 Å². The Kier molecular flexibility index (Phi) is 5.85. The monoisotopic (exact) mass is 371 g/mol. The summed E-state index contributed by atoms with van der Waals surface area (Å²) in [5.41, 5.74) is 3.83. The van der Waals surface area contributed by atoms with Crippen LogP contribution in [0, 0.1) is 33.6 Å². The van der Waals surface area contributed by atoms with Crippen molar-refractivity contribution >= 4 is 11.8 Å².